The molecular weight excluding hydrogens is 416 g/mol. The predicted molar refractivity (Wildman–Crippen MR) is 122 cm³/mol. The van der Waals surface area contributed by atoms with Crippen LogP contribution in [0, 0.1) is 0 Å². The molecule has 2 rings (SSSR count). The summed E-state index contributed by atoms with van der Waals surface area (Å²) in [6.07, 6.45) is 7.97. The third-order valence-corrected chi connectivity index (χ3v) is 5.19. The molecule has 0 radical (unpaired) electrons. The monoisotopic (exact) mass is 446 g/mol. The molecule has 0 N–H and O–H groups in total. The molecule has 0 spiro atoms. The van der Waals surface area contributed by atoms with Gasteiger partial charge < -0.3 is 14.2 Å². The molecule has 2 aromatic carbocycles. The molecule has 0 fully saturated rings. The summed E-state index contributed by atoms with van der Waals surface area (Å²) < 4.78 is 16.1. The van der Waals surface area contributed by atoms with Gasteiger partial charge in [0.15, 0.2) is 0 Å². The van der Waals surface area contributed by atoms with Gasteiger partial charge in [0, 0.05) is 10.6 Å². The van der Waals surface area contributed by atoms with Gasteiger partial charge in [0.05, 0.1) is 24.8 Å². The number of unbranched alkanes of at least 4 members (excludes halogenated alkanes) is 6. The fourth-order valence-electron chi connectivity index (χ4n) is 3.20. The van der Waals surface area contributed by atoms with Crippen LogP contribution < -0.4 is 4.74 Å². The molecule has 0 aliphatic carbocycles. The van der Waals surface area contributed by atoms with Crippen molar-refractivity contribution in [3.63, 3.8) is 0 Å². The average Bonchev–Trinajstić information content (AvgIpc) is 2.79. The molecule has 168 valence electrons. The van der Waals surface area contributed by atoms with Gasteiger partial charge in [-0.2, -0.15) is 0 Å². The quantitative estimate of drug-likeness (QED) is 0.256. The molecule has 0 aliphatic heterocycles. The third-order valence-electron chi connectivity index (χ3n) is 4.96. The van der Waals surface area contributed by atoms with Crippen molar-refractivity contribution in [2.45, 2.75) is 58.5 Å². The zero-order valence-electron chi connectivity index (χ0n) is 18.3. The molecule has 0 heterocycles. The predicted octanol–water partition coefficient (Wildman–Crippen LogP) is 6.61. The normalized spacial score (nSPS) is 10.5. The number of halogens is 1. The first-order chi connectivity index (χ1) is 15.1. The molecule has 0 aromatic heterocycles. The average molecular weight is 447 g/mol. The highest BCUT2D eigenvalue weighted by atomic mass is 35.5. The summed E-state index contributed by atoms with van der Waals surface area (Å²) in [7, 11) is 1.52. The number of benzene rings is 2. The van der Waals surface area contributed by atoms with Gasteiger partial charge in [0.1, 0.15) is 12.4 Å². The maximum Gasteiger partial charge on any atom is 0.339 e. The Morgan fingerprint density at radius 2 is 1.45 bits per heavy atom. The lowest BCUT2D eigenvalue weighted by Gasteiger charge is -2.12. The second kappa shape index (κ2) is 13.7. The minimum atomic E-state index is -0.597. The second-order valence-electron chi connectivity index (χ2n) is 7.34. The zero-order chi connectivity index (χ0) is 22.5. The van der Waals surface area contributed by atoms with Crippen molar-refractivity contribution in [3.8, 4) is 5.75 Å². The number of ether oxygens (including phenoxy) is 3. The highest BCUT2D eigenvalue weighted by molar-refractivity contribution is 6.30. The van der Waals surface area contributed by atoms with Crippen molar-refractivity contribution < 1.29 is 23.8 Å². The van der Waals surface area contributed by atoms with Crippen LogP contribution in [0.3, 0.4) is 0 Å². The van der Waals surface area contributed by atoms with Crippen molar-refractivity contribution in [2.75, 3.05) is 13.7 Å². The maximum absolute atomic E-state index is 12.6. The van der Waals surface area contributed by atoms with Crippen molar-refractivity contribution in [2.24, 2.45) is 0 Å². The van der Waals surface area contributed by atoms with Crippen LogP contribution in [-0.4, -0.2) is 25.7 Å². The van der Waals surface area contributed by atoms with E-state index in [1.165, 1.54) is 32.8 Å². The van der Waals surface area contributed by atoms with E-state index in [1.54, 1.807) is 42.5 Å². The molecule has 31 heavy (non-hydrogen) atoms. The first-order valence-electron chi connectivity index (χ1n) is 10.8. The van der Waals surface area contributed by atoms with E-state index >= 15 is 0 Å². The van der Waals surface area contributed by atoms with Crippen LogP contribution in [0.15, 0.2) is 42.5 Å². The van der Waals surface area contributed by atoms with Crippen LogP contribution in [0.1, 0.15) is 78.1 Å². The van der Waals surface area contributed by atoms with E-state index in [0.29, 0.717) is 22.9 Å². The standard InChI is InChI=1S/C25H31ClO5/c1-3-4-5-6-7-8-11-16-30-24(27)21-12-9-10-13-22(21)25(28)31-18-19-14-15-20(26)17-23(19)29-2/h9-10,12-15,17H,3-8,11,16,18H2,1-2H3. The van der Waals surface area contributed by atoms with Gasteiger partial charge in [-0.05, 0) is 30.7 Å². The Morgan fingerprint density at radius 3 is 2.10 bits per heavy atom. The Hall–Kier alpha value is -2.53. The Morgan fingerprint density at radius 1 is 0.839 bits per heavy atom. The summed E-state index contributed by atoms with van der Waals surface area (Å²) in [6, 6.07) is 11.6. The Bertz CT molecular complexity index is 850. The summed E-state index contributed by atoms with van der Waals surface area (Å²) in [6.45, 7) is 2.54. The van der Waals surface area contributed by atoms with Gasteiger partial charge >= 0.3 is 11.9 Å². The van der Waals surface area contributed by atoms with Gasteiger partial charge in [-0.3, -0.25) is 0 Å². The van der Waals surface area contributed by atoms with Crippen LogP contribution >= 0.6 is 11.6 Å². The van der Waals surface area contributed by atoms with Gasteiger partial charge in [-0.25, -0.2) is 9.59 Å². The van der Waals surface area contributed by atoms with E-state index in [0.717, 1.165) is 19.3 Å². The highest BCUT2D eigenvalue weighted by Gasteiger charge is 2.19. The van der Waals surface area contributed by atoms with Gasteiger partial charge in [0.25, 0.3) is 0 Å². The lowest BCUT2D eigenvalue weighted by molar-refractivity contribution is 0.0434. The Labute approximate surface area is 189 Å². The highest BCUT2D eigenvalue weighted by Crippen LogP contribution is 2.24. The fourth-order valence-corrected chi connectivity index (χ4v) is 3.36. The molecule has 0 saturated heterocycles. The molecule has 6 heteroatoms. The van der Waals surface area contributed by atoms with E-state index in [2.05, 4.69) is 6.92 Å². The van der Waals surface area contributed by atoms with E-state index in [9.17, 15) is 9.59 Å². The zero-order valence-corrected chi connectivity index (χ0v) is 19.1. The number of carbonyl (C=O) groups excluding carboxylic acids is 2. The lowest BCUT2D eigenvalue weighted by Crippen LogP contribution is -2.14. The number of hydrogen-bond acceptors (Lipinski definition) is 5. The van der Waals surface area contributed by atoms with Crippen molar-refractivity contribution in [1.29, 1.82) is 0 Å². The fraction of sp³-hybridized carbons (Fsp3) is 0.440. The molecule has 0 bridgehead atoms. The largest absolute Gasteiger partial charge is 0.496 e. The molecule has 0 atom stereocenters. The van der Waals surface area contributed by atoms with Crippen molar-refractivity contribution in [1.82, 2.24) is 0 Å². The van der Waals surface area contributed by atoms with Crippen LogP contribution in [0.2, 0.25) is 5.02 Å². The van der Waals surface area contributed by atoms with E-state index in [1.807, 2.05) is 0 Å². The van der Waals surface area contributed by atoms with E-state index in [4.69, 9.17) is 25.8 Å². The first-order valence-corrected chi connectivity index (χ1v) is 11.2. The molecule has 0 aliphatic rings. The summed E-state index contributed by atoms with van der Waals surface area (Å²) >= 11 is 5.96. The summed E-state index contributed by atoms with van der Waals surface area (Å²) in [5, 5.41) is 0.529. The topological polar surface area (TPSA) is 61.8 Å². The van der Waals surface area contributed by atoms with E-state index in [-0.39, 0.29) is 17.7 Å². The minimum absolute atomic E-state index is 0.000584. The number of esters is 2. The molecule has 2 aromatic rings. The number of rotatable bonds is 13. The number of hydrogen-bond donors (Lipinski definition) is 0. The summed E-state index contributed by atoms with van der Waals surface area (Å²) in [5.74, 6) is -0.578. The van der Waals surface area contributed by atoms with Crippen molar-refractivity contribution in [3.05, 3.63) is 64.2 Å². The smallest absolute Gasteiger partial charge is 0.339 e. The summed E-state index contributed by atoms with van der Waals surface area (Å²) in [4.78, 5) is 25.1. The maximum atomic E-state index is 12.6. The van der Waals surface area contributed by atoms with E-state index < -0.39 is 11.9 Å². The SMILES string of the molecule is CCCCCCCCCOC(=O)c1ccccc1C(=O)OCc1ccc(Cl)cc1OC. The molecule has 0 unspecified atom stereocenters. The van der Waals surface area contributed by atoms with Crippen LogP contribution in [-0.2, 0) is 16.1 Å². The van der Waals surface area contributed by atoms with Crippen LogP contribution in [0.5, 0.6) is 5.75 Å². The minimum Gasteiger partial charge on any atom is -0.496 e. The molecule has 0 saturated carbocycles. The molecule has 5 nitrogen and oxygen atoms in total. The van der Waals surface area contributed by atoms with Gasteiger partial charge in [0.2, 0.25) is 0 Å². The molecular formula is C25H31ClO5. The second-order valence-corrected chi connectivity index (χ2v) is 7.77. The number of carbonyl (C=O) groups is 2. The van der Waals surface area contributed by atoms with Gasteiger partial charge in [-0.1, -0.05) is 75.2 Å². The molecule has 0 amide bonds. The third kappa shape index (κ3) is 8.25. The lowest BCUT2D eigenvalue weighted by atomic mass is 10.1. The summed E-state index contributed by atoms with van der Waals surface area (Å²) in [5.41, 5.74) is 1.07. The first kappa shape index (κ1) is 24.7. The Balaban J connectivity index is 1.87. The number of methoxy groups -OCH3 is 1. The van der Waals surface area contributed by atoms with Gasteiger partial charge in [-0.15, -0.1) is 0 Å². The van der Waals surface area contributed by atoms with Crippen LogP contribution in [0.25, 0.3) is 0 Å². The van der Waals surface area contributed by atoms with Crippen LogP contribution in [0.4, 0.5) is 0 Å². The van der Waals surface area contributed by atoms with Crippen molar-refractivity contribution >= 4 is 23.5 Å². The Kier molecular flexibility index (Phi) is 10.9.